The van der Waals surface area contributed by atoms with Crippen molar-refractivity contribution in [2.24, 2.45) is 0 Å². The molecule has 0 fully saturated rings. The van der Waals surface area contributed by atoms with E-state index < -0.39 is 5.41 Å². The molecule has 0 saturated carbocycles. The van der Waals surface area contributed by atoms with E-state index in [9.17, 15) is 0 Å². The Morgan fingerprint density at radius 2 is 0.857 bits per heavy atom. The van der Waals surface area contributed by atoms with Crippen molar-refractivity contribution in [2.75, 3.05) is 4.90 Å². The normalized spacial score (nSPS) is 14.4. The number of hydrogen-bond donors (Lipinski definition) is 0. The second kappa shape index (κ2) is 13.9. The molecule has 0 saturated heterocycles. The predicted octanol–water partition coefficient (Wildman–Crippen LogP) is 15.9. The molecule has 2 heteroatoms. The molecular formula is C61H40N2. The first-order valence-corrected chi connectivity index (χ1v) is 21.8. The predicted molar refractivity (Wildman–Crippen MR) is 263 cm³/mol. The van der Waals surface area contributed by atoms with Gasteiger partial charge in [-0.1, -0.05) is 194 Å². The SMILES string of the molecule is c1ccc(-c2ccc(-c3ccccc3N(c3ccccc3)c3ccc(-c4ccc5c(c4)C4(c6ccccc6-5)c5ccccc5-n5c6ccccc6c6cccc4c65)cc3)cc2)cc1. The largest absolute Gasteiger partial charge is 0.310 e. The van der Waals surface area contributed by atoms with E-state index in [0.29, 0.717) is 0 Å². The van der Waals surface area contributed by atoms with Crippen molar-refractivity contribution >= 4 is 38.9 Å². The average molecular weight is 801 g/mol. The third kappa shape index (κ3) is 5.19. The molecular weight excluding hydrogens is 761 g/mol. The Labute approximate surface area is 367 Å². The van der Waals surface area contributed by atoms with Crippen LogP contribution in [0.4, 0.5) is 17.1 Å². The van der Waals surface area contributed by atoms with Gasteiger partial charge in [0.1, 0.15) is 0 Å². The van der Waals surface area contributed by atoms with Crippen molar-refractivity contribution in [3.8, 4) is 50.2 Å². The molecule has 0 radical (unpaired) electrons. The summed E-state index contributed by atoms with van der Waals surface area (Å²) in [6.07, 6.45) is 0. The highest BCUT2D eigenvalue weighted by molar-refractivity contribution is 6.13. The van der Waals surface area contributed by atoms with E-state index in [0.717, 1.165) is 17.1 Å². The summed E-state index contributed by atoms with van der Waals surface area (Å²) in [4.78, 5) is 2.39. The molecule has 1 aliphatic heterocycles. The van der Waals surface area contributed by atoms with E-state index in [-0.39, 0.29) is 0 Å². The van der Waals surface area contributed by atoms with Gasteiger partial charge < -0.3 is 9.47 Å². The number of para-hydroxylation sites is 5. The molecule has 1 spiro atoms. The summed E-state index contributed by atoms with van der Waals surface area (Å²) in [7, 11) is 0. The lowest BCUT2D eigenvalue weighted by Gasteiger charge is -2.39. The lowest BCUT2D eigenvalue weighted by molar-refractivity contribution is 0.749. The molecule has 2 aliphatic rings. The summed E-state index contributed by atoms with van der Waals surface area (Å²) in [5, 5.41) is 2.58. The van der Waals surface area contributed by atoms with Crippen molar-refractivity contribution in [1.82, 2.24) is 4.57 Å². The second-order valence-electron chi connectivity index (χ2n) is 16.8. The Hall–Kier alpha value is -8.20. The third-order valence-electron chi connectivity index (χ3n) is 13.6. The van der Waals surface area contributed by atoms with Gasteiger partial charge in [0.2, 0.25) is 0 Å². The molecule has 10 aromatic carbocycles. The van der Waals surface area contributed by atoms with Crippen LogP contribution in [-0.2, 0) is 5.41 Å². The monoisotopic (exact) mass is 800 g/mol. The standard InChI is InChI=1S/C61H40N2/c1-3-16-41(17-4-1)42-30-32-44(33-31-42)48-20-8-12-27-57(48)62(46-18-5-2-6-19-46)47-37-34-43(35-38-47)45-36-39-50-49-21-7-10-24-53(49)61(56(50)40-45)54-25-11-14-29-59(54)63-58-28-13-9-22-51(58)52-23-15-26-55(61)60(52)63/h1-40H. The van der Waals surface area contributed by atoms with Gasteiger partial charge in [0.05, 0.1) is 27.8 Å². The van der Waals surface area contributed by atoms with Gasteiger partial charge in [-0.25, -0.2) is 0 Å². The van der Waals surface area contributed by atoms with E-state index >= 15 is 0 Å². The highest BCUT2D eigenvalue weighted by atomic mass is 15.1. The van der Waals surface area contributed by atoms with Crippen LogP contribution in [0, 0.1) is 0 Å². The molecule has 2 nitrogen and oxygen atoms in total. The average Bonchev–Trinajstić information content (AvgIpc) is 3.85. The Bertz CT molecular complexity index is 3550. The minimum atomic E-state index is -0.491. The Morgan fingerprint density at radius 1 is 0.317 bits per heavy atom. The van der Waals surface area contributed by atoms with E-state index in [4.69, 9.17) is 0 Å². The van der Waals surface area contributed by atoms with Gasteiger partial charge in [0, 0.05) is 27.7 Å². The summed E-state index contributed by atoms with van der Waals surface area (Å²) in [5.74, 6) is 0. The van der Waals surface area contributed by atoms with Crippen LogP contribution in [0.2, 0.25) is 0 Å². The molecule has 11 aromatic rings. The molecule has 1 aromatic heterocycles. The lowest BCUT2D eigenvalue weighted by Crippen LogP contribution is -2.33. The van der Waals surface area contributed by atoms with Gasteiger partial charge >= 0.3 is 0 Å². The third-order valence-corrected chi connectivity index (χ3v) is 13.6. The first-order valence-electron chi connectivity index (χ1n) is 21.8. The van der Waals surface area contributed by atoms with Crippen molar-refractivity contribution in [2.45, 2.75) is 5.41 Å². The zero-order valence-corrected chi connectivity index (χ0v) is 34.5. The van der Waals surface area contributed by atoms with E-state index in [1.807, 2.05) is 0 Å². The Morgan fingerprint density at radius 3 is 1.68 bits per heavy atom. The van der Waals surface area contributed by atoms with Crippen molar-refractivity contribution < 1.29 is 0 Å². The fraction of sp³-hybridized carbons (Fsp3) is 0.0164. The molecule has 2 heterocycles. The molecule has 13 rings (SSSR count). The molecule has 0 amide bonds. The topological polar surface area (TPSA) is 8.17 Å². The van der Waals surface area contributed by atoms with Crippen LogP contribution in [0.25, 0.3) is 72.0 Å². The van der Waals surface area contributed by atoms with E-state index in [2.05, 4.69) is 252 Å². The second-order valence-corrected chi connectivity index (χ2v) is 16.8. The molecule has 63 heavy (non-hydrogen) atoms. The number of nitrogens with zero attached hydrogens (tertiary/aromatic N) is 2. The quantitative estimate of drug-likeness (QED) is 0.163. The van der Waals surface area contributed by atoms with Crippen molar-refractivity contribution in [1.29, 1.82) is 0 Å². The molecule has 1 unspecified atom stereocenters. The van der Waals surface area contributed by atoms with Crippen LogP contribution in [0.5, 0.6) is 0 Å². The van der Waals surface area contributed by atoms with Crippen molar-refractivity contribution in [3.05, 3.63) is 265 Å². The minimum Gasteiger partial charge on any atom is -0.310 e. The van der Waals surface area contributed by atoms with Crippen LogP contribution in [0.3, 0.4) is 0 Å². The van der Waals surface area contributed by atoms with Crippen LogP contribution < -0.4 is 4.90 Å². The Kier molecular flexibility index (Phi) is 7.85. The summed E-state index contributed by atoms with van der Waals surface area (Å²) in [6.45, 7) is 0. The van der Waals surface area contributed by atoms with Crippen LogP contribution in [0.1, 0.15) is 22.3 Å². The molecule has 1 atom stereocenters. The smallest absolute Gasteiger partial charge is 0.0754 e. The highest BCUT2D eigenvalue weighted by Gasteiger charge is 2.50. The minimum absolute atomic E-state index is 0.491. The molecule has 294 valence electrons. The summed E-state index contributed by atoms with van der Waals surface area (Å²) in [6, 6.07) is 89.4. The van der Waals surface area contributed by atoms with Crippen LogP contribution in [-0.4, -0.2) is 4.57 Å². The number of fused-ring (bicyclic) bond motifs is 12. The maximum absolute atomic E-state index is 2.51. The van der Waals surface area contributed by atoms with Gasteiger partial charge in [-0.15, -0.1) is 0 Å². The van der Waals surface area contributed by atoms with E-state index in [1.165, 1.54) is 94.3 Å². The van der Waals surface area contributed by atoms with Crippen LogP contribution >= 0.6 is 0 Å². The lowest BCUT2D eigenvalue weighted by atomic mass is 9.65. The van der Waals surface area contributed by atoms with Gasteiger partial charge in [-0.2, -0.15) is 0 Å². The zero-order valence-electron chi connectivity index (χ0n) is 34.5. The maximum Gasteiger partial charge on any atom is 0.0754 e. The molecule has 0 bridgehead atoms. The number of aromatic nitrogens is 1. The summed E-state index contributed by atoms with van der Waals surface area (Å²) in [5.41, 5.74) is 21.7. The first kappa shape index (κ1) is 35.5. The van der Waals surface area contributed by atoms with E-state index in [1.54, 1.807) is 0 Å². The van der Waals surface area contributed by atoms with Gasteiger partial charge in [-0.05, 0) is 110 Å². The number of benzene rings is 10. The van der Waals surface area contributed by atoms with Crippen molar-refractivity contribution in [3.63, 3.8) is 0 Å². The molecule has 1 aliphatic carbocycles. The molecule has 0 N–H and O–H groups in total. The summed E-state index contributed by atoms with van der Waals surface area (Å²) >= 11 is 0. The fourth-order valence-corrected chi connectivity index (χ4v) is 10.9. The number of anilines is 3. The Balaban J connectivity index is 0.954. The van der Waals surface area contributed by atoms with Gasteiger partial charge in [0.25, 0.3) is 0 Å². The fourth-order valence-electron chi connectivity index (χ4n) is 10.9. The highest BCUT2D eigenvalue weighted by Crippen LogP contribution is 2.61. The van der Waals surface area contributed by atoms with Crippen LogP contribution in [0.15, 0.2) is 243 Å². The number of rotatable bonds is 6. The first-order chi connectivity index (χ1) is 31.3. The summed E-state index contributed by atoms with van der Waals surface area (Å²) < 4.78 is 2.51. The van der Waals surface area contributed by atoms with Gasteiger partial charge in [0.15, 0.2) is 0 Å². The van der Waals surface area contributed by atoms with Gasteiger partial charge in [-0.3, -0.25) is 0 Å². The number of hydrogen-bond acceptors (Lipinski definition) is 1. The zero-order chi connectivity index (χ0) is 41.5. The maximum atomic E-state index is 2.51.